The Morgan fingerprint density at radius 3 is 2.23 bits per heavy atom. The van der Waals surface area contributed by atoms with Gasteiger partial charge in [-0.1, -0.05) is 47.5 Å². The summed E-state index contributed by atoms with van der Waals surface area (Å²) in [7, 11) is 0. The molecule has 11 heteroatoms. The maximum absolute atomic E-state index is 14.4. The molecule has 1 saturated carbocycles. The number of anilines is 2. The summed E-state index contributed by atoms with van der Waals surface area (Å²) < 4.78 is 0. The molecule has 0 bridgehead atoms. The van der Waals surface area contributed by atoms with E-state index in [1.807, 2.05) is 6.08 Å². The van der Waals surface area contributed by atoms with Crippen LogP contribution in [0, 0.1) is 39.2 Å². The molecule has 0 spiro atoms. The highest BCUT2D eigenvalue weighted by molar-refractivity contribution is 6.32. The van der Waals surface area contributed by atoms with Crippen molar-refractivity contribution in [3.05, 3.63) is 105 Å². The number of nitro benzene ring substituents is 1. The lowest BCUT2D eigenvalue weighted by molar-refractivity contribution is -0.384. The van der Waals surface area contributed by atoms with Crippen LogP contribution in [0.5, 0.6) is 5.75 Å². The molecule has 1 N–H and O–H groups in total. The van der Waals surface area contributed by atoms with Gasteiger partial charge in [0.25, 0.3) is 5.69 Å². The fourth-order valence-corrected chi connectivity index (χ4v) is 8.19. The lowest BCUT2D eigenvalue weighted by atomic mass is 9.51. The molecule has 0 aromatic heterocycles. The number of benzene rings is 3. The van der Waals surface area contributed by atoms with Crippen LogP contribution >= 0.6 is 11.6 Å². The predicted octanol–water partition coefficient (Wildman–Crippen LogP) is 5.39. The summed E-state index contributed by atoms with van der Waals surface area (Å²) in [5.41, 5.74) is 0.572. The smallest absolute Gasteiger partial charge is 0.269 e. The molecule has 3 fully saturated rings. The van der Waals surface area contributed by atoms with E-state index in [0.29, 0.717) is 11.3 Å². The second-order valence-corrected chi connectivity index (χ2v) is 12.4. The number of hydrogen-bond donors (Lipinski definition) is 1. The summed E-state index contributed by atoms with van der Waals surface area (Å²) in [6.45, 7) is 1.77. The second-order valence-electron chi connectivity index (χ2n) is 12.0. The maximum Gasteiger partial charge on any atom is 0.269 e. The van der Waals surface area contributed by atoms with Crippen LogP contribution in [0.4, 0.5) is 17.1 Å². The molecule has 6 atom stereocenters. The summed E-state index contributed by atoms with van der Waals surface area (Å²) >= 11 is 6.71. The average molecular weight is 612 g/mol. The minimum absolute atomic E-state index is 0.0551. The summed E-state index contributed by atoms with van der Waals surface area (Å²) in [5, 5.41) is 21.5. The summed E-state index contributed by atoms with van der Waals surface area (Å²) in [6, 6.07) is 18.5. The third-order valence-corrected chi connectivity index (χ3v) is 10.2. The minimum Gasteiger partial charge on any atom is -0.508 e. The van der Waals surface area contributed by atoms with Crippen molar-refractivity contribution in [2.45, 2.75) is 25.7 Å². The number of para-hydroxylation sites is 1. The number of halogens is 1. The number of phenolic OH excluding ortho intramolecular Hbond substituents is 1. The van der Waals surface area contributed by atoms with E-state index in [9.17, 15) is 34.4 Å². The number of imide groups is 2. The first kappa shape index (κ1) is 28.0. The van der Waals surface area contributed by atoms with Gasteiger partial charge in [0.1, 0.15) is 5.75 Å². The van der Waals surface area contributed by atoms with Crippen molar-refractivity contribution in [1.82, 2.24) is 0 Å². The van der Waals surface area contributed by atoms with Crippen molar-refractivity contribution in [1.29, 1.82) is 0 Å². The van der Waals surface area contributed by atoms with Crippen molar-refractivity contribution in [2.75, 3.05) is 9.80 Å². The van der Waals surface area contributed by atoms with E-state index >= 15 is 0 Å². The molecule has 4 amide bonds. The molecule has 4 aliphatic rings. The number of carbonyl (C=O) groups is 4. The highest BCUT2D eigenvalue weighted by Gasteiger charge is 2.67. The third kappa shape index (κ3) is 3.80. The van der Waals surface area contributed by atoms with E-state index < -0.39 is 51.7 Å². The van der Waals surface area contributed by atoms with Gasteiger partial charge in [0.2, 0.25) is 23.6 Å². The Morgan fingerprint density at radius 2 is 1.57 bits per heavy atom. The summed E-state index contributed by atoms with van der Waals surface area (Å²) in [5.74, 6) is -5.22. The molecule has 3 aromatic rings. The van der Waals surface area contributed by atoms with E-state index in [4.69, 9.17) is 11.6 Å². The Hall–Kier alpha value is -4.83. The van der Waals surface area contributed by atoms with E-state index in [0.717, 1.165) is 10.5 Å². The number of aromatic hydroxyl groups is 1. The Morgan fingerprint density at radius 1 is 0.886 bits per heavy atom. The number of allylic oxidation sites excluding steroid dienone is 2. The monoisotopic (exact) mass is 611 g/mol. The molecule has 2 saturated heterocycles. The lowest BCUT2D eigenvalue weighted by Crippen LogP contribution is -2.49. The van der Waals surface area contributed by atoms with E-state index in [1.54, 1.807) is 43.3 Å². The van der Waals surface area contributed by atoms with Gasteiger partial charge in [-0.25, -0.2) is 4.90 Å². The fourth-order valence-electron chi connectivity index (χ4n) is 7.91. The number of nitro groups is 1. The molecule has 222 valence electrons. The number of hydrogen-bond acceptors (Lipinski definition) is 7. The van der Waals surface area contributed by atoms with Crippen molar-refractivity contribution in [2.24, 2.45) is 29.1 Å². The predicted molar refractivity (Wildman–Crippen MR) is 160 cm³/mol. The number of amides is 4. The number of fused-ring (bicyclic) bond motifs is 4. The van der Waals surface area contributed by atoms with E-state index in [2.05, 4.69) is 0 Å². The van der Waals surface area contributed by atoms with Crippen LogP contribution in [-0.2, 0) is 19.2 Å². The largest absolute Gasteiger partial charge is 0.508 e. The minimum atomic E-state index is -1.26. The zero-order chi connectivity index (χ0) is 31.1. The molecular weight excluding hydrogens is 586 g/mol. The molecule has 0 radical (unpaired) electrons. The highest BCUT2D eigenvalue weighted by Crippen LogP contribution is 2.64. The first-order chi connectivity index (χ1) is 21.0. The molecule has 2 heterocycles. The Balaban J connectivity index is 1.35. The quantitative estimate of drug-likeness (QED) is 0.181. The zero-order valence-corrected chi connectivity index (χ0v) is 24.2. The number of non-ortho nitro benzene ring substituents is 1. The lowest BCUT2D eigenvalue weighted by Gasteiger charge is -2.49. The number of nitrogens with zero attached hydrogens (tertiary/aromatic N) is 3. The number of phenols is 1. The second kappa shape index (κ2) is 9.85. The van der Waals surface area contributed by atoms with Crippen LogP contribution in [0.1, 0.15) is 31.2 Å². The average Bonchev–Trinajstić information content (AvgIpc) is 3.37. The molecule has 7 rings (SSSR count). The molecule has 10 nitrogen and oxygen atoms in total. The fraction of sp³-hybridized carbons (Fsp3) is 0.273. The SMILES string of the molecule is C[C@@]12C(=O)N(c3ccccc3)C(=O)[C@@H]1C[C@@H]1C(=CC[C@@H]3C(=O)N(c4ccc([N+](=O)[O-])cc4)C(=O)[C@@H]31)[C@@H]2c1ccc(O)cc1Cl. The van der Waals surface area contributed by atoms with Gasteiger partial charge in [-0.15, -0.1) is 0 Å². The molecule has 2 aliphatic heterocycles. The van der Waals surface area contributed by atoms with Crippen molar-refractivity contribution in [3.8, 4) is 5.75 Å². The molecule has 3 aromatic carbocycles. The van der Waals surface area contributed by atoms with Crippen molar-refractivity contribution < 1.29 is 29.2 Å². The van der Waals surface area contributed by atoms with E-state index in [-0.39, 0.29) is 46.8 Å². The molecule has 0 unspecified atom stereocenters. The Bertz CT molecular complexity index is 1810. The zero-order valence-electron chi connectivity index (χ0n) is 23.4. The van der Waals surface area contributed by atoms with Gasteiger partial charge < -0.3 is 5.11 Å². The highest BCUT2D eigenvalue weighted by atomic mass is 35.5. The van der Waals surface area contributed by atoms with Gasteiger partial charge in [0.15, 0.2) is 0 Å². The Labute approximate surface area is 256 Å². The summed E-state index contributed by atoms with van der Waals surface area (Å²) in [6.07, 6.45) is 2.33. The first-order valence-electron chi connectivity index (χ1n) is 14.3. The van der Waals surface area contributed by atoms with Crippen LogP contribution in [0.3, 0.4) is 0 Å². The summed E-state index contributed by atoms with van der Waals surface area (Å²) in [4.78, 5) is 69.2. The van der Waals surface area contributed by atoms with Crippen LogP contribution in [0.15, 0.2) is 84.4 Å². The topological polar surface area (TPSA) is 138 Å². The maximum atomic E-state index is 14.4. The van der Waals surface area contributed by atoms with Gasteiger partial charge in [-0.3, -0.25) is 34.2 Å². The third-order valence-electron chi connectivity index (χ3n) is 9.90. The normalized spacial score (nSPS) is 29.3. The first-order valence-corrected chi connectivity index (χ1v) is 14.7. The van der Waals surface area contributed by atoms with Crippen molar-refractivity contribution >= 4 is 52.3 Å². The molecule has 44 heavy (non-hydrogen) atoms. The van der Waals surface area contributed by atoms with Gasteiger partial charge >= 0.3 is 0 Å². The Kier molecular flexibility index (Phi) is 6.26. The molecule has 2 aliphatic carbocycles. The van der Waals surface area contributed by atoms with Gasteiger partial charge in [-0.05, 0) is 67.6 Å². The number of rotatable bonds is 4. The van der Waals surface area contributed by atoms with Gasteiger partial charge in [0.05, 0.1) is 39.5 Å². The standard InChI is InChI=1S/C33H26ClN3O7/c1-33-25(30(40)36(32(33)42)17-5-3-2-4-6-17)16-24-21(28(33)22-12-11-20(38)15-26(22)34)13-14-23-27(24)31(41)35(29(23)39)18-7-9-19(10-8-18)37(43)44/h2-13,15,23-25,27-28,38H,14,16H2,1H3/t23-,24+,25-,27-,28+,33+/m0/s1. The van der Waals surface area contributed by atoms with E-state index in [1.165, 1.54) is 41.3 Å². The number of carbonyl (C=O) groups excluding carboxylic acids is 4. The van der Waals surface area contributed by atoms with Gasteiger partial charge in [0, 0.05) is 23.1 Å². The van der Waals surface area contributed by atoms with Gasteiger partial charge in [-0.2, -0.15) is 0 Å². The van der Waals surface area contributed by atoms with Crippen LogP contribution in [-0.4, -0.2) is 33.7 Å². The van der Waals surface area contributed by atoms with Crippen LogP contribution in [0.2, 0.25) is 5.02 Å². The van der Waals surface area contributed by atoms with Crippen molar-refractivity contribution in [3.63, 3.8) is 0 Å². The molecular formula is C33H26ClN3O7. The van der Waals surface area contributed by atoms with Crippen LogP contribution in [0.25, 0.3) is 0 Å². The van der Waals surface area contributed by atoms with Crippen LogP contribution < -0.4 is 9.80 Å².